The number of likely N-dealkylation sites (N-methyl/N-ethyl adjacent to an activating group) is 1. The van der Waals surface area contributed by atoms with Crippen molar-refractivity contribution in [1.82, 2.24) is 10.2 Å². The molecule has 0 aliphatic rings. The number of nitrogens with zero attached hydrogens (tertiary/aromatic N) is 1. The maximum Gasteiger partial charge on any atom is 0.119 e. The van der Waals surface area contributed by atoms with Gasteiger partial charge in [0.1, 0.15) is 5.75 Å². The van der Waals surface area contributed by atoms with Gasteiger partial charge in [0.05, 0.1) is 11.6 Å². The molecule has 3 nitrogen and oxygen atoms in total. The van der Waals surface area contributed by atoms with Crippen LogP contribution in [0.25, 0.3) is 0 Å². The molecular weight excluding hydrogens is 268 g/mol. The Labute approximate surface area is 128 Å². The molecule has 20 heavy (non-hydrogen) atoms. The van der Waals surface area contributed by atoms with Gasteiger partial charge >= 0.3 is 0 Å². The van der Waals surface area contributed by atoms with Crippen molar-refractivity contribution in [3.05, 3.63) is 29.8 Å². The van der Waals surface area contributed by atoms with E-state index in [2.05, 4.69) is 30.4 Å². The highest BCUT2D eigenvalue weighted by Gasteiger charge is 2.00. The molecule has 0 fully saturated rings. The first kappa shape index (κ1) is 16.9. The van der Waals surface area contributed by atoms with Gasteiger partial charge in [-0.2, -0.15) is 0 Å². The second kappa shape index (κ2) is 9.72. The van der Waals surface area contributed by atoms with E-state index in [4.69, 9.17) is 17.0 Å². The summed E-state index contributed by atoms with van der Waals surface area (Å²) in [6, 6.07) is 8.34. The first-order valence-corrected chi connectivity index (χ1v) is 7.67. The molecule has 0 heterocycles. The summed E-state index contributed by atoms with van der Waals surface area (Å²) >= 11 is 5.23. The van der Waals surface area contributed by atoms with Gasteiger partial charge in [-0.05, 0) is 37.1 Å². The minimum absolute atomic E-state index is 0.759. The third-order valence-electron chi connectivity index (χ3n) is 3.03. The number of hydrogen-bond acceptors (Lipinski definition) is 3. The highest BCUT2D eigenvalue weighted by molar-refractivity contribution is 7.80. The number of ether oxygens (including phenoxy) is 1. The molecule has 0 atom stereocenters. The van der Waals surface area contributed by atoms with Crippen molar-refractivity contribution in [3.8, 4) is 5.75 Å². The number of rotatable bonds is 9. The minimum Gasteiger partial charge on any atom is -0.494 e. The van der Waals surface area contributed by atoms with E-state index < -0.39 is 0 Å². The normalized spacial score (nSPS) is 10.3. The lowest BCUT2D eigenvalue weighted by molar-refractivity contribution is 0.309. The molecule has 0 saturated carbocycles. The third kappa shape index (κ3) is 6.87. The van der Waals surface area contributed by atoms with Crippen molar-refractivity contribution < 1.29 is 4.74 Å². The van der Waals surface area contributed by atoms with Crippen LogP contribution in [0.3, 0.4) is 0 Å². The summed E-state index contributed by atoms with van der Waals surface area (Å²) in [6.45, 7) is 4.65. The van der Waals surface area contributed by atoms with Gasteiger partial charge in [0.25, 0.3) is 0 Å². The second-order valence-corrected chi connectivity index (χ2v) is 5.54. The van der Waals surface area contributed by atoms with Gasteiger partial charge in [0.2, 0.25) is 0 Å². The quantitative estimate of drug-likeness (QED) is 0.559. The number of benzene rings is 1. The average Bonchev–Trinajstić information content (AvgIpc) is 2.44. The van der Waals surface area contributed by atoms with Gasteiger partial charge in [-0.3, -0.25) is 0 Å². The van der Waals surface area contributed by atoms with Crippen molar-refractivity contribution in [2.45, 2.75) is 26.2 Å². The van der Waals surface area contributed by atoms with Crippen molar-refractivity contribution >= 4 is 17.2 Å². The molecule has 0 saturated heterocycles. The summed E-state index contributed by atoms with van der Waals surface area (Å²) in [5.41, 5.74) is 1.29. The molecule has 0 aliphatic carbocycles. The van der Waals surface area contributed by atoms with E-state index in [0.29, 0.717) is 0 Å². The Hall–Kier alpha value is -1.13. The second-order valence-electron chi connectivity index (χ2n) is 5.06. The third-order valence-corrected chi connectivity index (χ3v) is 3.54. The lowest BCUT2D eigenvalue weighted by atomic mass is 10.1. The van der Waals surface area contributed by atoms with Crippen LogP contribution < -0.4 is 10.1 Å². The molecule has 0 aliphatic heterocycles. The van der Waals surface area contributed by atoms with Crippen LogP contribution in [-0.4, -0.2) is 43.7 Å². The summed E-state index contributed by atoms with van der Waals surface area (Å²) < 4.78 is 5.72. The Morgan fingerprint density at radius 1 is 1.35 bits per heavy atom. The van der Waals surface area contributed by atoms with E-state index >= 15 is 0 Å². The largest absolute Gasteiger partial charge is 0.494 e. The van der Waals surface area contributed by atoms with E-state index in [1.54, 1.807) is 0 Å². The van der Waals surface area contributed by atoms with E-state index in [1.807, 2.05) is 25.1 Å². The fraction of sp³-hybridized carbons (Fsp3) is 0.562. The molecule has 112 valence electrons. The Kier molecular flexibility index (Phi) is 8.23. The van der Waals surface area contributed by atoms with Crippen LogP contribution in [0, 0.1) is 0 Å². The Morgan fingerprint density at radius 2 is 2.15 bits per heavy atom. The minimum atomic E-state index is 0.759. The van der Waals surface area contributed by atoms with Crippen molar-refractivity contribution in [2.24, 2.45) is 0 Å². The molecule has 0 spiro atoms. The summed E-state index contributed by atoms with van der Waals surface area (Å²) in [6.07, 6.45) is 3.25. The molecule has 4 heteroatoms. The summed E-state index contributed by atoms with van der Waals surface area (Å²) in [4.78, 5) is 2.89. The number of nitrogens with one attached hydrogen (secondary N) is 1. The van der Waals surface area contributed by atoms with E-state index in [0.717, 1.165) is 49.7 Å². The van der Waals surface area contributed by atoms with Crippen molar-refractivity contribution in [1.29, 1.82) is 0 Å². The van der Waals surface area contributed by atoms with Gasteiger partial charge in [0, 0.05) is 20.6 Å². The molecule has 1 aromatic carbocycles. The predicted octanol–water partition coefficient (Wildman–Crippen LogP) is 2.89. The van der Waals surface area contributed by atoms with Crippen LogP contribution >= 0.6 is 12.2 Å². The zero-order chi connectivity index (χ0) is 14.8. The van der Waals surface area contributed by atoms with E-state index in [9.17, 15) is 0 Å². The van der Waals surface area contributed by atoms with Crippen LogP contribution in [0.1, 0.15) is 25.3 Å². The van der Waals surface area contributed by atoms with Crippen molar-refractivity contribution in [3.63, 3.8) is 0 Å². The topological polar surface area (TPSA) is 24.5 Å². The van der Waals surface area contributed by atoms with Gasteiger partial charge in [-0.1, -0.05) is 37.7 Å². The molecule has 0 amide bonds. The van der Waals surface area contributed by atoms with Crippen LogP contribution in [0.2, 0.25) is 0 Å². The maximum atomic E-state index is 5.72. The summed E-state index contributed by atoms with van der Waals surface area (Å²) in [5.74, 6) is 0.972. The van der Waals surface area contributed by atoms with Crippen molar-refractivity contribution in [2.75, 3.05) is 33.8 Å². The zero-order valence-corrected chi connectivity index (χ0v) is 13.6. The monoisotopic (exact) mass is 294 g/mol. The molecule has 0 radical (unpaired) electrons. The molecule has 0 unspecified atom stereocenters. The van der Waals surface area contributed by atoms with Gasteiger partial charge in [-0.15, -0.1) is 0 Å². The van der Waals surface area contributed by atoms with Crippen LogP contribution in [0.15, 0.2) is 24.3 Å². The Bertz CT molecular complexity index is 407. The van der Waals surface area contributed by atoms with E-state index in [1.165, 1.54) is 5.56 Å². The highest BCUT2D eigenvalue weighted by atomic mass is 32.1. The standard InChI is InChI=1S/C16H26N2OS/c1-4-5-11-19-15-8-6-7-14(12-15)9-10-17-13-16(20)18(2)3/h6-8,12,17H,4-5,9-11,13H2,1-3H3. The number of unbranched alkanes of at least 4 members (excludes halogenated alkanes) is 1. The van der Waals surface area contributed by atoms with Gasteiger partial charge in [-0.25, -0.2) is 0 Å². The fourth-order valence-electron chi connectivity index (χ4n) is 1.71. The summed E-state index contributed by atoms with van der Waals surface area (Å²) in [7, 11) is 3.95. The van der Waals surface area contributed by atoms with Crippen LogP contribution in [-0.2, 0) is 6.42 Å². The van der Waals surface area contributed by atoms with Crippen LogP contribution in [0.5, 0.6) is 5.75 Å². The van der Waals surface area contributed by atoms with Crippen LogP contribution in [0.4, 0.5) is 0 Å². The SMILES string of the molecule is CCCCOc1cccc(CCNCC(=S)N(C)C)c1. The highest BCUT2D eigenvalue weighted by Crippen LogP contribution is 2.14. The average molecular weight is 294 g/mol. The molecule has 1 aromatic rings. The smallest absolute Gasteiger partial charge is 0.119 e. The Balaban J connectivity index is 2.29. The molecule has 0 bridgehead atoms. The molecule has 1 rings (SSSR count). The van der Waals surface area contributed by atoms with Gasteiger partial charge in [0.15, 0.2) is 0 Å². The fourth-order valence-corrected chi connectivity index (χ4v) is 1.81. The molecule has 0 aromatic heterocycles. The Morgan fingerprint density at radius 3 is 2.85 bits per heavy atom. The number of thiocarbonyl (C=S) groups is 1. The molecule has 1 N–H and O–H groups in total. The molecular formula is C16H26N2OS. The predicted molar refractivity (Wildman–Crippen MR) is 89.7 cm³/mol. The summed E-state index contributed by atoms with van der Waals surface area (Å²) in [5, 5.41) is 3.36. The first-order chi connectivity index (χ1) is 9.63. The first-order valence-electron chi connectivity index (χ1n) is 7.26. The zero-order valence-electron chi connectivity index (χ0n) is 12.8. The lowest BCUT2D eigenvalue weighted by Gasteiger charge is -2.14. The lowest BCUT2D eigenvalue weighted by Crippen LogP contribution is -2.32. The number of hydrogen-bond donors (Lipinski definition) is 1. The van der Waals surface area contributed by atoms with Gasteiger partial charge < -0.3 is 15.0 Å². The maximum absolute atomic E-state index is 5.72. The van der Waals surface area contributed by atoms with E-state index in [-0.39, 0.29) is 0 Å².